The second-order valence-corrected chi connectivity index (χ2v) is 3.15. The molecule has 1 heterocycles. The van der Waals surface area contributed by atoms with Crippen LogP contribution in [-0.2, 0) is 0 Å². The predicted molar refractivity (Wildman–Crippen MR) is 50.5 cm³/mol. The van der Waals surface area contributed by atoms with E-state index in [1.165, 1.54) is 12.8 Å². The van der Waals surface area contributed by atoms with Gasteiger partial charge >= 0.3 is 6.68 Å². The van der Waals surface area contributed by atoms with E-state index in [2.05, 4.69) is 43.2 Å². The summed E-state index contributed by atoms with van der Waals surface area (Å²) in [6.07, 6.45) is 7.35. The fourth-order valence-electron chi connectivity index (χ4n) is 1.36. The van der Waals surface area contributed by atoms with Gasteiger partial charge in [-0.05, 0) is 6.42 Å². The molecule has 0 aromatic rings. The Morgan fingerprint density at radius 2 is 1.50 bits per heavy atom. The zero-order valence-electron chi connectivity index (χ0n) is 8.75. The standard InChI is InChI=1S/C8H16N2.CHF3/c1-4-5-8-9(2)6-7-10(8)3;2-1(3)4/h6-8H,4-5H2,1-3H3;1H. The van der Waals surface area contributed by atoms with Crippen molar-refractivity contribution in [1.29, 1.82) is 0 Å². The highest BCUT2D eigenvalue weighted by atomic mass is 19.4. The highest BCUT2D eigenvalue weighted by Crippen LogP contribution is 2.15. The first kappa shape index (κ1) is 13.1. The lowest BCUT2D eigenvalue weighted by molar-refractivity contribution is 0.00819. The molecule has 0 N–H and O–H groups in total. The van der Waals surface area contributed by atoms with Gasteiger partial charge in [0.05, 0.1) is 0 Å². The lowest BCUT2D eigenvalue weighted by atomic mass is 10.2. The van der Waals surface area contributed by atoms with Gasteiger partial charge in [-0.1, -0.05) is 13.3 Å². The first-order valence-electron chi connectivity index (χ1n) is 4.53. The minimum Gasteiger partial charge on any atom is -0.359 e. The van der Waals surface area contributed by atoms with Crippen molar-refractivity contribution in [1.82, 2.24) is 9.80 Å². The van der Waals surface area contributed by atoms with E-state index in [1.807, 2.05) is 0 Å². The third-order valence-electron chi connectivity index (χ3n) is 2.02. The van der Waals surface area contributed by atoms with Crippen molar-refractivity contribution in [2.45, 2.75) is 32.6 Å². The van der Waals surface area contributed by atoms with Gasteiger partial charge in [0.15, 0.2) is 0 Å². The van der Waals surface area contributed by atoms with Gasteiger partial charge in [0, 0.05) is 26.5 Å². The average molecular weight is 210 g/mol. The van der Waals surface area contributed by atoms with Crippen LogP contribution in [0.2, 0.25) is 0 Å². The van der Waals surface area contributed by atoms with Gasteiger partial charge < -0.3 is 9.80 Å². The van der Waals surface area contributed by atoms with Crippen LogP contribution in [0.3, 0.4) is 0 Å². The molecule has 2 nitrogen and oxygen atoms in total. The molecule has 0 bridgehead atoms. The van der Waals surface area contributed by atoms with Gasteiger partial charge in [-0.3, -0.25) is 0 Å². The molecule has 0 aromatic carbocycles. The summed E-state index contributed by atoms with van der Waals surface area (Å²) in [6, 6.07) is 0. The van der Waals surface area contributed by atoms with Crippen molar-refractivity contribution in [3.63, 3.8) is 0 Å². The van der Waals surface area contributed by atoms with Crippen molar-refractivity contribution in [2.75, 3.05) is 14.1 Å². The van der Waals surface area contributed by atoms with Crippen LogP contribution in [0.25, 0.3) is 0 Å². The number of hydrogen-bond donors (Lipinski definition) is 0. The first-order valence-corrected chi connectivity index (χ1v) is 4.53. The minimum atomic E-state index is -3.67. The third-order valence-corrected chi connectivity index (χ3v) is 2.02. The molecule has 1 aliphatic rings. The second-order valence-electron chi connectivity index (χ2n) is 3.15. The molecule has 1 aliphatic heterocycles. The van der Waals surface area contributed by atoms with E-state index < -0.39 is 6.68 Å². The third kappa shape index (κ3) is 4.99. The summed E-state index contributed by atoms with van der Waals surface area (Å²) in [5.41, 5.74) is 0. The van der Waals surface area contributed by atoms with Gasteiger partial charge in [0.1, 0.15) is 6.17 Å². The van der Waals surface area contributed by atoms with E-state index in [-0.39, 0.29) is 0 Å². The fraction of sp³-hybridized carbons (Fsp3) is 0.778. The Morgan fingerprint density at radius 3 is 1.79 bits per heavy atom. The average Bonchev–Trinajstić information content (AvgIpc) is 2.35. The van der Waals surface area contributed by atoms with Crippen LogP contribution < -0.4 is 0 Å². The largest absolute Gasteiger partial charge is 0.379 e. The lowest BCUT2D eigenvalue weighted by Crippen LogP contribution is -2.33. The fourth-order valence-corrected chi connectivity index (χ4v) is 1.36. The molecular formula is C9H17F3N2. The SMILES string of the molecule is CCCC1N(C)C=CN1C.FC(F)F. The van der Waals surface area contributed by atoms with Crippen molar-refractivity contribution < 1.29 is 13.2 Å². The summed E-state index contributed by atoms with van der Waals surface area (Å²) in [4.78, 5) is 4.51. The van der Waals surface area contributed by atoms with E-state index >= 15 is 0 Å². The Labute approximate surface area is 83.0 Å². The lowest BCUT2D eigenvalue weighted by Gasteiger charge is -2.26. The minimum absolute atomic E-state index is 0.602. The Hall–Kier alpha value is -0.870. The van der Waals surface area contributed by atoms with Crippen LogP contribution in [0, 0.1) is 0 Å². The van der Waals surface area contributed by atoms with E-state index in [0.29, 0.717) is 6.17 Å². The van der Waals surface area contributed by atoms with Crippen LogP contribution in [0.1, 0.15) is 19.8 Å². The smallest absolute Gasteiger partial charge is 0.359 e. The maximum atomic E-state index is 9.67. The molecule has 0 spiro atoms. The van der Waals surface area contributed by atoms with Crippen LogP contribution in [0.4, 0.5) is 13.2 Å². The van der Waals surface area contributed by atoms with E-state index in [9.17, 15) is 13.2 Å². The van der Waals surface area contributed by atoms with Gasteiger partial charge in [0.25, 0.3) is 0 Å². The number of alkyl halides is 3. The molecule has 5 heteroatoms. The molecule has 84 valence electrons. The summed E-state index contributed by atoms with van der Waals surface area (Å²) in [5, 5.41) is 0. The van der Waals surface area contributed by atoms with Crippen molar-refractivity contribution >= 4 is 0 Å². The normalized spacial score (nSPS) is 16.2. The van der Waals surface area contributed by atoms with Crippen molar-refractivity contribution in [2.24, 2.45) is 0 Å². The van der Waals surface area contributed by atoms with Crippen LogP contribution >= 0.6 is 0 Å². The predicted octanol–water partition coefficient (Wildman–Crippen LogP) is 2.64. The van der Waals surface area contributed by atoms with E-state index in [4.69, 9.17) is 0 Å². The maximum Gasteiger partial charge on any atom is 0.379 e. The molecule has 0 fully saturated rings. The summed E-state index contributed by atoms with van der Waals surface area (Å²) in [7, 11) is 4.25. The zero-order valence-corrected chi connectivity index (χ0v) is 8.75. The van der Waals surface area contributed by atoms with E-state index in [1.54, 1.807) is 0 Å². The molecule has 14 heavy (non-hydrogen) atoms. The second kappa shape index (κ2) is 6.56. The number of rotatable bonds is 2. The van der Waals surface area contributed by atoms with Crippen LogP contribution in [-0.4, -0.2) is 36.7 Å². The quantitative estimate of drug-likeness (QED) is 0.691. The molecule has 0 unspecified atom stereocenters. The van der Waals surface area contributed by atoms with Gasteiger partial charge in [-0.2, -0.15) is 13.2 Å². The summed E-state index contributed by atoms with van der Waals surface area (Å²) in [5.74, 6) is 0. The van der Waals surface area contributed by atoms with Gasteiger partial charge in [-0.15, -0.1) is 0 Å². The number of halogens is 3. The molecule has 1 rings (SSSR count). The Bertz CT molecular complexity index is 159. The Balaban J connectivity index is 0.000000364. The molecule has 0 atom stereocenters. The van der Waals surface area contributed by atoms with Crippen LogP contribution in [0.15, 0.2) is 12.4 Å². The van der Waals surface area contributed by atoms with Crippen LogP contribution in [0.5, 0.6) is 0 Å². The molecule has 0 aromatic heterocycles. The first-order chi connectivity index (χ1) is 6.49. The molecular weight excluding hydrogens is 193 g/mol. The van der Waals surface area contributed by atoms with Gasteiger partial charge in [0.2, 0.25) is 0 Å². The maximum absolute atomic E-state index is 9.67. The van der Waals surface area contributed by atoms with Crippen molar-refractivity contribution in [3.8, 4) is 0 Å². The molecule has 0 saturated heterocycles. The van der Waals surface area contributed by atoms with Gasteiger partial charge in [-0.25, -0.2) is 0 Å². The summed E-state index contributed by atoms with van der Waals surface area (Å²) >= 11 is 0. The monoisotopic (exact) mass is 210 g/mol. The zero-order chi connectivity index (χ0) is 11.1. The highest BCUT2D eigenvalue weighted by Gasteiger charge is 2.18. The Kier molecular flexibility index (Phi) is 6.16. The molecule has 0 saturated carbocycles. The molecule has 0 radical (unpaired) electrons. The molecule has 0 amide bonds. The van der Waals surface area contributed by atoms with Crippen molar-refractivity contribution in [3.05, 3.63) is 12.4 Å². The molecule has 0 aliphatic carbocycles. The summed E-state index contributed by atoms with van der Waals surface area (Å²) < 4.78 is 29.0. The Morgan fingerprint density at radius 1 is 1.14 bits per heavy atom. The number of hydrogen-bond acceptors (Lipinski definition) is 2. The highest BCUT2D eigenvalue weighted by molar-refractivity contribution is 4.93. The number of nitrogens with zero attached hydrogens (tertiary/aromatic N) is 2. The van der Waals surface area contributed by atoms with E-state index in [0.717, 1.165) is 0 Å². The summed E-state index contributed by atoms with van der Waals surface area (Å²) in [6.45, 7) is -1.44. The topological polar surface area (TPSA) is 6.48 Å².